The Labute approximate surface area is 184 Å². The van der Waals surface area contributed by atoms with Crippen molar-refractivity contribution in [2.75, 3.05) is 33.1 Å². The van der Waals surface area contributed by atoms with Crippen LogP contribution in [-0.2, 0) is 6.42 Å². The summed E-state index contributed by atoms with van der Waals surface area (Å²) in [5, 5.41) is 12.6. The topological polar surface area (TPSA) is 61.8 Å². The molecule has 2 N–H and O–H groups in total. The maximum Gasteiger partial charge on any atom is 0.255 e. The molecule has 0 aliphatic carbocycles. The molecule has 162 valence electrons. The van der Waals surface area contributed by atoms with Crippen molar-refractivity contribution in [1.82, 2.24) is 4.90 Å². The van der Waals surface area contributed by atoms with E-state index >= 15 is 0 Å². The summed E-state index contributed by atoms with van der Waals surface area (Å²) in [5.74, 6) is 0.916. The maximum atomic E-state index is 12.8. The van der Waals surface area contributed by atoms with Gasteiger partial charge in [0.2, 0.25) is 0 Å². The second kappa shape index (κ2) is 10.1. The number of aromatic hydroxyl groups is 1. The second-order valence-electron chi connectivity index (χ2n) is 7.96. The van der Waals surface area contributed by atoms with Gasteiger partial charge in [0.05, 0.1) is 7.11 Å². The van der Waals surface area contributed by atoms with Gasteiger partial charge in [-0.05, 0) is 105 Å². The third kappa shape index (κ3) is 5.86. The van der Waals surface area contributed by atoms with Crippen LogP contribution in [-0.4, -0.2) is 43.7 Å². The molecule has 5 nitrogen and oxygen atoms in total. The monoisotopic (exact) mass is 418 g/mol. The van der Waals surface area contributed by atoms with Crippen molar-refractivity contribution < 1.29 is 14.6 Å². The van der Waals surface area contributed by atoms with E-state index in [9.17, 15) is 9.90 Å². The van der Waals surface area contributed by atoms with E-state index < -0.39 is 0 Å². The molecule has 3 rings (SSSR count). The summed E-state index contributed by atoms with van der Waals surface area (Å²) in [4.78, 5) is 15.0. The fourth-order valence-electron chi connectivity index (χ4n) is 3.61. The van der Waals surface area contributed by atoms with Gasteiger partial charge in [0.15, 0.2) is 0 Å². The lowest BCUT2D eigenvalue weighted by molar-refractivity contribution is 0.102. The largest absolute Gasteiger partial charge is 0.508 e. The summed E-state index contributed by atoms with van der Waals surface area (Å²) in [6, 6.07) is 18.6. The minimum Gasteiger partial charge on any atom is -0.508 e. The Hall–Kier alpha value is -3.31. The number of phenolic OH excluding ortho intramolecular Hbond substituents is 1. The van der Waals surface area contributed by atoms with Crippen molar-refractivity contribution in [3.63, 3.8) is 0 Å². The standard InChI is InChI=1S/C26H30N2O3/c1-18-16-23(29)12-13-24(18)19-7-10-22(11-8-19)27-26(30)21-9-14-25(31-4)20(17-21)6-5-15-28(2)3/h7-14,16-17,29H,5-6,15H2,1-4H3,(H,27,30). The molecule has 5 heteroatoms. The van der Waals surface area contributed by atoms with E-state index in [1.165, 1.54) is 0 Å². The fraction of sp³-hybridized carbons (Fsp3) is 0.269. The minimum absolute atomic E-state index is 0.148. The number of hydrogen-bond acceptors (Lipinski definition) is 4. The minimum atomic E-state index is -0.148. The molecular formula is C26H30N2O3. The number of aryl methyl sites for hydroxylation is 2. The zero-order chi connectivity index (χ0) is 22.4. The molecule has 0 spiro atoms. The van der Waals surface area contributed by atoms with Crippen LogP contribution in [0, 0.1) is 6.92 Å². The average Bonchev–Trinajstić information content (AvgIpc) is 2.74. The molecule has 0 aliphatic rings. The molecule has 0 heterocycles. The molecule has 0 radical (unpaired) electrons. The van der Waals surface area contributed by atoms with Gasteiger partial charge < -0.3 is 20.1 Å². The van der Waals surface area contributed by atoms with Crippen molar-refractivity contribution in [3.05, 3.63) is 77.4 Å². The first-order valence-corrected chi connectivity index (χ1v) is 10.4. The first-order chi connectivity index (χ1) is 14.9. The van der Waals surface area contributed by atoms with E-state index in [0.29, 0.717) is 5.56 Å². The molecule has 31 heavy (non-hydrogen) atoms. The number of methoxy groups -OCH3 is 1. The van der Waals surface area contributed by atoms with Crippen molar-refractivity contribution in [3.8, 4) is 22.6 Å². The number of ether oxygens (including phenoxy) is 1. The molecule has 3 aromatic carbocycles. The summed E-state index contributed by atoms with van der Waals surface area (Å²) < 4.78 is 5.47. The zero-order valence-corrected chi connectivity index (χ0v) is 18.6. The summed E-state index contributed by atoms with van der Waals surface area (Å²) >= 11 is 0. The number of hydrogen-bond donors (Lipinski definition) is 2. The first kappa shape index (κ1) is 22.4. The predicted molar refractivity (Wildman–Crippen MR) is 126 cm³/mol. The molecule has 0 saturated heterocycles. The lowest BCUT2D eigenvalue weighted by atomic mass is 10.00. The van der Waals surface area contributed by atoms with E-state index in [2.05, 4.69) is 24.3 Å². The highest BCUT2D eigenvalue weighted by Gasteiger charge is 2.11. The molecule has 0 atom stereocenters. The Kier molecular flexibility index (Phi) is 7.32. The Morgan fingerprint density at radius 2 is 1.77 bits per heavy atom. The van der Waals surface area contributed by atoms with Gasteiger partial charge in [-0.15, -0.1) is 0 Å². The van der Waals surface area contributed by atoms with Gasteiger partial charge in [0.1, 0.15) is 11.5 Å². The van der Waals surface area contributed by atoms with Gasteiger partial charge in [0, 0.05) is 11.3 Å². The number of phenols is 1. The molecule has 3 aromatic rings. The van der Waals surface area contributed by atoms with Gasteiger partial charge in [-0.1, -0.05) is 18.2 Å². The SMILES string of the molecule is COc1ccc(C(=O)Nc2ccc(-c3ccc(O)cc3C)cc2)cc1CCCN(C)C. The first-order valence-electron chi connectivity index (χ1n) is 10.4. The predicted octanol–water partition coefficient (Wildman–Crippen LogP) is 5.12. The zero-order valence-electron chi connectivity index (χ0n) is 18.6. The Morgan fingerprint density at radius 1 is 1.03 bits per heavy atom. The highest BCUT2D eigenvalue weighted by molar-refractivity contribution is 6.04. The molecule has 0 aliphatic heterocycles. The second-order valence-corrected chi connectivity index (χ2v) is 7.96. The van der Waals surface area contributed by atoms with Crippen LogP contribution >= 0.6 is 0 Å². The molecule has 0 unspecified atom stereocenters. The van der Waals surface area contributed by atoms with E-state index in [0.717, 1.165) is 53.1 Å². The van der Waals surface area contributed by atoms with Crippen LogP contribution in [0.3, 0.4) is 0 Å². The van der Waals surface area contributed by atoms with Crippen LogP contribution < -0.4 is 10.1 Å². The average molecular weight is 419 g/mol. The van der Waals surface area contributed by atoms with Crippen molar-refractivity contribution in [2.24, 2.45) is 0 Å². The van der Waals surface area contributed by atoms with Crippen LogP contribution in [0.25, 0.3) is 11.1 Å². The highest BCUT2D eigenvalue weighted by atomic mass is 16.5. The third-order valence-electron chi connectivity index (χ3n) is 5.26. The van der Waals surface area contributed by atoms with Crippen LogP contribution in [0.5, 0.6) is 11.5 Å². The number of amides is 1. The number of carbonyl (C=O) groups excluding carboxylic acids is 1. The van der Waals surface area contributed by atoms with Crippen molar-refractivity contribution in [2.45, 2.75) is 19.8 Å². The van der Waals surface area contributed by atoms with Gasteiger partial charge >= 0.3 is 0 Å². The summed E-state index contributed by atoms with van der Waals surface area (Å²) in [5.41, 5.74) is 5.46. The highest BCUT2D eigenvalue weighted by Crippen LogP contribution is 2.28. The van der Waals surface area contributed by atoms with Crippen LogP contribution in [0.1, 0.15) is 27.9 Å². The Balaban J connectivity index is 1.72. The number of rotatable bonds is 8. The lowest BCUT2D eigenvalue weighted by Crippen LogP contribution is -2.14. The van der Waals surface area contributed by atoms with E-state index in [-0.39, 0.29) is 11.7 Å². The van der Waals surface area contributed by atoms with Crippen molar-refractivity contribution >= 4 is 11.6 Å². The molecule has 0 fully saturated rings. The van der Waals surface area contributed by atoms with E-state index in [1.807, 2.05) is 49.4 Å². The molecule has 0 bridgehead atoms. The van der Waals surface area contributed by atoms with Gasteiger partial charge in [-0.2, -0.15) is 0 Å². The smallest absolute Gasteiger partial charge is 0.255 e. The number of anilines is 1. The van der Waals surface area contributed by atoms with Gasteiger partial charge in [0.25, 0.3) is 5.91 Å². The molecule has 1 amide bonds. The summed E-state index contributed by atoms with van der Waals surface area (Å²) in [6.45, 7) is 2.94. The van der Waals surface area contributed by atoms with Gasteiger partial charge in [-0.3, -0.25) is 4.79 Å². The van der Waals surface area contributed by atoms with Gasteiger partial charge in [-0.25, -0.2) is 0 Å². The van der Waals surface area contributed by atoms with E-state index in [4.69, 9.17) is 4.74 Å². The third-order valence-corrected chi connectivity index (χ3v) is 5.26. The molecular weight excluding hydrogens is 388 g/mol. The van der Waals surface area contributed by atoms with Crippen LogP contribution in [0.4, 0.5) is 5.69 Å². The normalized spacial score (nSPS) is 10.9. The van der Waals surface area contributed by atoms with Crippen LogP contribution in [0.15, 0.2) is 60.7 Å². The Bertz CT molecular complexity index is 1040. The maximum absolute atomic E-state index is 12.8. The Morgan fingerprint density at radius 3 is 2.42 bits per heavy atom. The van der Waals surface area contributed by atoms with E-state index in [1.54, 1.807) is 25.3 Å². The quantitative estimate of drug-likeness (QED) is 0.533. The molecule has 0 aromatic heterocycles. The number of carbonyl (C=O) groups is 1. The number of nitrogens with one attached hydrogen (secondary N) is 1. The molecule has 0 saturated carbocycles. The lowest BCUT2D eigenvalue weighted by Gasteiger charge is -2.13. The summed E-state index contributed by atoms with van der Waals surface area (Å²) in [6.07, 6.45) is 1.84. The number of benzene rings is 3. The summed E-state index contributed by atoms with van der Waals surface area (Å²) in [7, 11) is 5.76. The van der Waals surface area contributed by atoms with Crippen LogP contribution in [0.2, 0.25) is 0 Å². The number of nitrogens with zero attached hydrogens (tertiary/aromatic N) is 1. The van der Waals surface area contributed by atoms with Crippen molar-refractivity contribution in [1.29, 1.82) is 0 Å². The fourth-order valence-corrected chi connectivity index (χ4v) is 3.61.